The molecule has 21 heavy (non-hydrogen) atoms. The molecule has 2 aromatic rings. The van der Waals surface area contributed by atoms with Crippen LogP contribution in [0.4, 0.5) is 0 Å². The fourth-order valence-electron chi connectivity index (χ4n) is 3.38. The summed E-state index contributed by atoms with van der Waals surface area (Å²) < 4.78 is 7.09. The van der Waals surface area contributed by atoms with Crippen LogP contribution in [-0.2, 0) is 0 Å². The molecule has 0 bridgehead atoms. The van der Waals surface area contributed by atoms with Crippen molar-refractivity contribution >= 4 is 26.9 Å². The van der Waals surface area contributed by atoms with E-state index in [0.717, 1.165) is 27.7 Å². The molecule has 1 N–H and O–H groups in total. The zero-order valence-electron chi connectivity index (χ0n) is 13.0. The van der Waals surface area contributed by atoms with Crippen molar-refractivity contribution in [3.05, 3.63) is 34.5 Å². The van der Waals surface area contributed by atoms with Gasteiger partial charge in [0.25, 0.3) is 0 Å². The second-order valence-electron chi connectivity index (χ2n) is 6.68. The molecule has 0 radical (unpaired) electrons. The largest absolute Gasteiger partial charge is 0.459 e. The fourth-order valence-corrected chi connectivity index (χ4v) is 3.76. The van der Waals surface area contributed by atoms with Crippen LogP contribution in [0.2, 0.25) is 0 Å². The monoisotopic (exact) mass is 349 g/mol. The highest BCUT2D eigenvalue weighted by molar-refractivity contribution is 9.10. The third-order valence-electron chi connectivity index (χ3n) is 5.01. The molecule has 3 rings (SSSR count). The molecule has 0 aliphatic heterocycles. The molecule has 1 aliphatic carbocycles. The topological polar surface area (TPSA) is 25.2 Å². The minimum Gasteiger partial charge on any atom is -0.459 e. The van der Waals surface area contributed by atoms with Crippen molar-refractivity contribution in [2.24, 2.45) is 11.8 Å². The van der Waals surface area contributed by atoms with Crippen molar-refractivity contribution in [3.8, 4) is 0 Å². The van der Waals surface area contributed by atoms with Crippen LogP contribution in [0.1, 0.15) is 51.8 Å². The van der Waals surface area contributed by atoms with Crippen molar-refractivity contribution in [1.82, 2.24) is 5.32 Å². The number of fused-ring (bicyclic) bond motifs is 1. The van der Waals surface area contributed by atoms with Crippen LogP contribution in [0, 0.1) is 11.8 Å². The average molecular weight is 350 g/mol. The molecule has 3 heteroatoms. The summed E-state index contributed by atoms with van der Waals surface area (Å²) >= 11 is 3.51. The summed E-state index contributed by atoms with van der Waals surface area (Å²) in [6.07, 6.45) is 3.89. The second-order valence-corrected chi connectivity index (χ2v) is 7.60. The SMILES string of the molecule is CC(NC1CCC(C)C(C)C1)c1cc2cc(Br)ccc2o1. The summed E-state index contributed by atoms with van der Waals surface area (Å²) in [5.74, 6) is 2.71. The van der Waals surface area contributed by atoms with Crippen molar-refractivity contribution in [2.45, 2.75) is 52.1 Å². The smallest absolute Gasteiger partial charge is 0.134 e. The van der Waals surface area contributed by atoms with Gasteiger partial charge in [-0.25, -0.2) is 0 Å². The summed E-state index contributed by atoms with van der Waals surface area (Å²) in [6, 6.07) is 9.21. The van der Waals surface area contributed by atoms with Crippen LogP contribution in [0.3, 0.4) is 0 Å². The standard InChI is InChI=1S/C18H24BrNO/c1-11-4-6-16(8-12(11)2)20-13(3)18-10-14-9-15(19)5-7-17(14)21-18/h5,7,9-13,16,20H,4,6,8H2,1-3H3. The highest BCUT2D eigenvalue weighted by Gasteiger charge is 2.26. The number of rotatable bonds is 3. The Balaban J connectivity index is 1.70. The van der Waals surface area contributed by atoms with E-state index in [1.165, 1.54) is 24.6 Å². The van der Waals surface area contributed by atoms with Crippen molar-refractivity contribution in [2.75, 3.05) is 0 Å². The maximum atomic E-state index is 5.99. The van der Waals surface area contributed by atoms with Gasteiger partial charge in [0.05, 0.1) is 6.04 Å². The normalized spacial score (nSPS) is 27.9. The number of furan rings is 1. The first-order valence-corrected chi connectivity index (χ1v) is 8.77. The maximum absolute atomic E-state index is 5.99. The molecular formula is C18H24BrNO. The highest BCUT2D eigenvalue weighted by atomic mass is 79.9. The lowest BCUT2D eigenvalue weighted by atomic mass is 9.79. The molecule has 1 saturated carbocycles. The van der Waals surface area contributed by atoms with E-state index in [9.17, 15) is 0 Å². The van der Waals surface area contributed by atoms with Gasteiger partial charge in [-0.1, -0.05) is 29.8 Å². The summed E-state index contributed by atoms with van der Waals surface area (Å²) in [5, 5.41) is 4.92. The Bertz CT molecular complexity index is 621. The van der Waals surface area contributed by atoms with Gasteiger partial charge in [-0.05, 0) is 62.3 Å². The molecule has 114 valence electrons. The van der Waals surface area contributed by atoms with Gasteiger partial charge in [-0.3, -0.25) is 0 Å². The van der Waals surface area contributed by atoms with Gasteiger partial charge in [0.15, 0.2) is 0 Å². The zero-order valence-corrected chi connectivity index (χ0v) is 14.6. The van der Waals surface area contributed by atoms with E-state index in [2.05, 4.69) is 54.2 Å². The van der Waals surface area contributed by atoms with E-state index in [4.69, 9.17) is 4.42 Å². The number of hydrogen-bond donors (Lipinski definition) is 1. The Labute approximate surface area is 135 Å². The molecule has 0 amide bonds. The van der Waals surface area contributed by atoms with Gasteiger partial charge in [0, 0.05) is 15.9 Å². The van der Waals surface area contributed by atoms with E-state index in [-0.39, 0.29) is 6.04 Å². The summed E-state index contributed by atoms with van der Waals surface area (Å²) in [4.78, 5) is 0. The Hall–Kier alpha value is -0.800. The van der Waals surface area contributed by atoms with E-state index < -0.39 is 0 Å². The van der Waals surface area contributed by atoms with Crippen molar-refractivity contribution in [3.63, 3.8) is 0 Å². The Morgan fingerprint density at radius 3 is 2.76 bits per heavy atom. The quantitative estimate of drug-likeness (QED) is 0.771. The molecular weight excluding hydrogens is 326 g/mol. The molecule has 4 unspecified atom stereocenters. The number of halogens is 1. The summed E-state index contributed by atoms with van der Waals surface area (Å²) in [5.41, 5.74) is 0.965. The van der Waals surface area contributed by atoms with E-state index in [1.807, 2.05) is 12.1 Å². The van der Waals surface area contributed by atoms with Crippen LogP contribution in [-0.4, -0.2) is 6.04 Å². The van der Waals surface area contributed by atoms with Gasteiger partial charge >= 0.3 is 0 Å². The van der Waals surface area contributed by atoms with E-state index in [0.29, 0.717) is 6.04 Å². The third kappa shape index (κ3) is 3.35. The third-order valence-corrected chi connectivity index (χ3v) is 5.50. The first-order valence-electron chi connectivity index (χ1n) is 7.98. The minimum atomic E-state index is 0.266. The predicted molar refractivity (Wildman–Crippen MR) is 91.4 cm³/mol. The first-order chi connectivity index (χ1) is 10.0. The predicted octanol–water partition coefficient (Wildman–Crippen LogP) is 5.67. The number of benzene rings is 1. The van der Waals surface area contributed by atoms with Gasteiger partial charge in [0.2, 0.25) is 0 Å². The minimum absolute atomic E-state index is 0.266. The van der Waals surface area contributed by atoms with Gasteiger partial charge in [-0.15, -0.1) is 0 Å². The lowest BCUT2D eigenvalue weighted by Gasteiger charge is -2.34. The molecule has 1 aliphatic rings. The summed E-state index contributed by atoms with van der Waals surface area (Å²) in [6.45, 7) is 6.96. The average Bonchev–Trinajstić information content (AvgIpc) is 2.86. The molecule has 1 fully saturated rings. The van der Waals surface area contributed by atoms with Crippen molar-refractivity contribution < 1.29 is 4.42 Å². The number of nitrogens with one attached hydrogen (secondary N) is 1. The van der Waals surface area contributed by atoms with Gasteiger partial charge in [-0.2, -0.15) is 0 Å². The Morgan fingerprint density at radius 2 is 2.00 bits per heavy atom. The van der Waals surface area contributed by atoms with Crippen LogP contribution in [0.15, 0.2) is 33.2 Å². The Morgan fingerprint density at radius 1 is 1.19 bits per heavy atom. The van der Waals surface area contributed by atoms with Crippen LogP contribution in [0.25, 0.3) is 11.0 Å². The lowest BCUT2D eigenvalue weighted by molar-refractivity contribution is 0.213. The fraction of sp³-hybridized carbons (Fsp3) is 0.556. The van der Waals surface area contributed by atoms with Crippen molar-refractivity contribution in [1.29, 1.82) is 0 Å². The highest BCUT2D eigenvalue weighted by Crippen LogP contribution is 2.32. The van der Waals surface area contributed by atoms with Crippen LogP contribution in [0.5, 0.6) is 0 Å². The molecule has 1 aromatic heterocycles. The lowest BCUT2D eigenvalue weighted by Crippen LogP contribution is -2.37. The molecule has 1 heterocycles. The molecule has 4 atom stereocenters. The van der Waals surface area contributed by atoms with Crippen LogP contribution < -0.4 is 5.32 Å². The molecule has 1 aromatic carbocycles. The van der Waals surface area contributed by atoms with Gasteiger partial charge in [0.1, 0.15) is 11.3 Å². The molecule has 0 saturated heterocycles. The van der Waals surface area contributed by atoms with Crippen LogP contribution >= 0.6 is 15.9 Å². The zero-order chi connectivity index (χ0) is 15.0. The molecule has 0 spiro atoms. The number of hydrogen-bond acceptors (Lipinski definition) is 2. The summed E-state index contributed by atoms with van der Waals surface area (Å²) in [7, 11) is 0. The van der Waals surface area contributed by atoms with E-state index in [1.54, 1.807) is 0 Å². The first kappa shape index (κ1) is 15.1. The molecule has 2 nitrogen and oxygen atoms in total. The Kier molecular flexibility index (Phi) is 4.41. The van der Waals surface area contributed by atoms with E-state index >= 15 is 0 Å². The van der Waals surface area contributed by atoms with Gasteiger partial charge < -0.3 is 9.73 Å². The second kappa shape index (κ2) is 6.13. The maximum Gasteiger partial charge on any atom is 0.134 e.